The normalized spacial score (nSPS) is 11.1. The van der Waals surface area contributed by atoms with Crippen LogP contribution >= 0.6 is 23.2 Å². The number of amides is 1. The molecule has 2 heterocycles. The predicted molar refractivity (Wildman–Crippen MR) is 131 cm³/mol. The largest absolute Gasteiger partial charge is 0.461 e. The van der Waals surface area contributed by atoms with Gasteiger partial charge in [0.25, 0.3) is 5.91 Å². The molecule has 34 heavy (non-hydrogen) atoms. The molecule has 2 aromatic carbocycles. The van der Waals surface area contributed by atoms with Gasteiger partial charge in [-0.1, -0.05) is 52.6 Å². The molecule has 1 N–H and O–H groups in total. The Morgan fingerprint density at radius 2 is 1.88 bits per heavy atom. The lowest BCUT2D eigenvalue weighted by Crippen LogP contribution is -2.26. The van der Waals surface area contributed by atoms with E-state index in [1.165, 1.54) is 0 Å². The van der Waals surface area contributed by atoms with E-state index in [1.807, 2.05) is 37.3 Å². The van der Waals surface area contributed by atoms with Gasteiger partial charge in [0, 0.05) is 29.6 Å². The third-order valence-electron chi connectivity index (χ3n) is 5.60. The van der Waals surface area contributed by atoms with Crippen LogP contribution < -0.4 is 5.32 Å². The van der Waals surface area contributed by atoms with Crippen LogP contribution in [-0.2, 0) is 17.8 Å². The minimum absolute atomic E-state index is 0.172. The zero-order chi connectivity index (χ0) is 24.4. The van der Waals surface area contributed by atoms with Crippen LogP contribution in [0.2, 0.25) is 10.0 Å². The predicted octanol–water partition coefficient (Wildman–Crippen LogP) is 5.71. The molecule has 0 radical (unpaired) electrons. The third kappa shape index (κ3) is 4.54. The van der Waals surface area contributed by atoms with Crippen LogP contribution in [0.5, 0.6) is 0 Å². The number of aryl methyl sites for hydroxylation is 2. The number of para-hydroxylation sites is 1. The van der Waals surface area contributed by atoms with Crippen LogP contribution in [-0.4, -0.2) is 28.2 Å². The number of carbonyl (C=O) groups is 2. The summed E-state index contributed by atoms with van der Waals surface area (Å²) in [7, 11) is 0. The first-order valence-electron chi connectivity index (χ1n) is 10.7. The topological polar surface area (TPSA) is 86.4 Å². The van der Waals surface area contributed by atoms with Gasteiger partial charge >= 0.3 is 5.97 Å². The van der Waals surface area contributed by atoms with Crippen LogP contribution in [0.15, 0.2) is 47.0 Å². The number of hydrogen-bond acceptors (Lipinski definition) is 5. The molecule has 4 rings (SSSR count). The molecule has 0 aliphatic carbocycles. The lowest BCUT2D eigenvalue weighted by atomic mass is 10.1. The Morgan fingerprint density at radius 3 is 2.56 bits per heavy atom. The maximum atomic E-state index is 13.4. The van der Waals surface area contributed by atoms with E-state index in [9.17, 15) is 9.59 Å². The van der Waals surface area contributed by atoms with Crippen molar-refractivity contribution in [1.29, 1.82) is 0 Å². The maximum absolute atomic E-state index is 13.4. The van der Waals surface area contributed by atoms with Crippen molar-refractivity contribution in [2.75, 3.05) is 6.61 Å². The van der Waals surface area contributed by atoms with E-state index < -0.39 is 11.9 Å². The fourth-order valence-corrected chi connectivity index (χ4v) is 4.26. The second kappa shape index (κ2) is 9.91. The molecule has 0 atom stereocenters. The second-order valence-corrected chi connectivity index (χ2v) is 8.60. The summed E-state index contributed by atoms with van der Waals surface area (Å²) in [4.78, 5) is 26.6. The number of carbonyl (C=O) groups excluding carboxylic acids is 2. The Hall–Kier alpha value is -3.29. The highest BCUT2D eigenvalue weighted by Crippen LogP contribution is 2.30. The average molecular weight is 500 g/mol. The molecule has 7 nitrogen and oxygen atoms in total. The monoisotopic (exact) mass is 499 g/mol. The Bertz CT molecular complexity index is 1370. The van der Waals surface area contributed by atoms with Crippen LogP contribution in [0.25, 0.3) is 10.9 Å². The summed E-state index contributed by atoms with van der Waals surface area (Å²) in [5.74, 6) is -0.348. The van der Waals surface area contributed by atoms with Crippen LogP contribution in [0, 0.1) is 13.8 Å². The van der Waals surface area contributed by atoms with Crippen LogP contribution in [0.3, 0.4) is 0 Å². The average Bonchev–Trinajstić information content (AvgIpc) is 3.31. The number of nitrogens with one attached hydrogen (secondary N) is 1. The number of esters is 1. The fraction of sp³-hybridized carbons (Fsp3) is 0.240. The van der Waals surface area contributed by atoms with Crippen molar-refractivity contribution in [2.24, 2.45) is 0 Å². The van der Waals surface area contributed by atoms with E-state index in [0.717, 1.165) is 16.6 Å². The van der Waals surface area contributed by atoms with Crippen molar-refractivity contribution in [3.63, 3.8) is 0 Å². The van der Waals surface area contributed by atoms with Gasteiger partial charge in [0.15, 0.2) is 0 Å². The smallest absolute Gasteiger partial charge is 0.355 e. The van der Waals surface area contributed by atoms with Crippen molar-refractivity contribution in [2.45, 2.75) is 33.9 Å². The Morgan fingerprint density at radius 1 is 1.12 bits per heavy atom. The lowest BCUT2D eigenvalue weighted by Gasteiger charge is -2.12. The second-order valence-electron chi connectivity index (χ2n) is 7.78. The molecular formula is C25H23Cl2N3O4. The van der Waals surface area contributed by atoms with Crippen molar-refractivity contribution in [3.05, 3.63) is 86.3 Å². The van der Waals surface area contributed by atoms with Crippen LogP contribution in [0.1, 0.15) is 50.4 Å². The van der Waals surface area contributed by atoms with E-state index in [2.05, 4.69) is 10.5 Å². The van der Waals surface area contributed by atoms with E-state index in [0.29, 0.717) is 33.4 Å². The highest BCUT2D eigenvalue weighted by molar-refractivity contribution is 6.42. The van der Waals surface area contributed by atoms with Gasteiger partial charge in [0.2, 0.25) is 0 Å². The molecule has 9 heteroatoms. The molecule has 0 unspecified atom stereocenters. The summed E-state index contributed by atoms with van der Waals surface area (Å²) in [6, 6.07) is 12.6. The number of halogens is 2. The SMILES string of the molecule is CCOC(=O)c1c(C(=O)NCc2c(C)noc2C)c2ccccc2n1Cc1ccc(Cl)c(Cl)c1. The summed E-state index contributed by atoms with van der Waals surface area (Å²) >= 11 is 12.3. The molecule has 4 aromatic rings. The molecule has 0 saturated carbocycles. The number of nitrogens with zero attached hydrogens (tertiary/aromatic N) is 2. The Balaban J connectivity index is 1.81. The minimum Gasteiger partial charge on any atom is -0.461 e. The van der Waals surface area contributed by atoms with Crippen molar-refractivity contribution in [1.82, 2.24) is 15.0 Å². The van der Waals surface area contributed by atoms with E-state index in [4.69, 9.17) is 32.5 Å². The molecule has 176 valence electrons. The number of ether oxygens (including phenoxy) is 1. The Labute approximate surface area is 206 Å². The van der Waals surface area contributed by atoms with E-state index in [1.54, 1.807) is 30.5 Å². The quantitative estimate of drug-likeness (QED) is 0.329. The van der Waals surface area contributed by atoms with Gasteiger partial charge in [-0.05, 0) is 44.5 Å². The number of hydrogen-bond donors (Lipinski definition) is 1. The highest BCUT2D eigenvalue weighted by atomic mass is 35.5. The van der Waals surface area contributed by atoms with Gasteiger partial charge in [-0.15, -0.1) is 0 Å². The van der Waals surface area contributed by atoms with Gasteiger partial charge in [0.1, 0.15) is 11.5 Å². The van der Waals surface area contributed by atoms with Crippen molar-refractivity contribution < 1.29 is 18.8 Å². The zero-order valence-electron chi connectivity index (χ0n) is 18.9. The van der Waals surface area contributed by atoms with Gasteiger partial charge < -0.3 is 19.1 Å². The first-order valence-corrected chi connectivity index (χ1v) is 11.5. The number of fused-ring (bicyclic) bond motifs is 1. The molecule has 2 aromatic heterocycles. The molecule has 1 amide bonds. The van der Waals surface area contributed by atoms with Crippen LogP contribution in [0.4, 0.5) is 0 Å². The maximum Gasteiger partial charge on any atom is 0.355 e. The molecule has 0 bridgehead atoms. The highest BCUT2D eigenvalue weighted by Gasteiger charge is 2.28. The fourth-order valence-electron chi connectivity index (χ4n) is 3.94. The molecule has 0 aliphatic rings. The number of benzene rings is 2. The van der Waals surface area contributed by atoms with Gasteiger partial charge in [-0.25, -0.2) is 4.79 Å². The standard InChI is InChI=1S/C25H23Cl2N3O4/c1-4-33-25(32)23-22(24(31)28-12-18-14(2)29-34-15(18)3)17-7-5-6-8-21(17)30(23)13-16-9-10-19(26)20(27)11-16/h5-11H,4,12-13H2,1-3H3,(H,28,31). The number of aromatic nitrogens is 2. The first kappa shape index (κ1) is 23.9. The van der Waals surface area contributed by atoms with Gasteiger partial charge in [0.05, 0.1) is 27.9 Å². The third-order valence-corrected chi connectivity index (χ3v) is 6.34. The molecule has 0 aliphatic heterocycles. The minimum atomic E-state index is -0.582. The molecule has 0 saturated heterocycles. The molecular weight excluding hydrogens is 477 g/mol. The molecule has 0 spiro atoms. The summed E-state index contributed by atoms with van der Waals surface area (Å²) in [6.45, 7) is 6.01. The number of rotatable bonds is 7. The summed E-state index contributed by atoms with van der Waals surface area (Å²) in [6.07, 6.45) is 0. The van der Waals surface area contributed by atoms with Crippen molar-refractivity contribution >= 4 is 46.0 Å². The summed E-state index contributed by atoms with van der Waals surface area (Å²) < 4.78 is 12.3. The van der Waals surface area contributed by atoms with Gasteiger partial charge in [-0.2, -0.15) is 0 Å². The molecule has 0 fully saturated rings. The van der Waals surface area contributed by atoms with Gasteiger partial charge in [-0.3, -0.25) is 4.79 Å². The van der Waals surface area contributed by atoms with E-state index in [-0.39, 0.29) is 24.4 Å². The van der Waals surface area contributed by atoms with E-state index >= 15 is 0 Å². The van der Waals surface area contributed by atoms with Crippen molar-refractivity contribution in [3.8, 4) is 0 Å². The zero-order valence-corrected chi connectivity index (χ0v) is 20.5. The first-order chi connectivity index (χ1) is 16.3. The summed E-state index contributed by atoms with van der Waals surface area (Å²) in [5, 5.41) is 8.32. The Kier molecular flexibility index (Phi) is 6.95. The summed E-state index contributed by atoms with van der Waals surface area (Å²) in [5.41, 5.74) is 3.46. The lowest BCUT2D eigenvalue weighted by molar-refractivity contribution is 0.0511.